The second-order valence-corrected chi connectivity index (χ2v) is 9.49. The van der Waals surface area contributed by atoms with Crippen LogP contribution in [0.5, 0.6) is 5.75 Å². The zero-order valence-electron chi connectivity index (χ0n) is 20.3. The van der Waals surface area contributed by atoms with Gasteiger partial charge < -0.3 is 14.7 Å². The van der Waals surface area contributed by atoms with Gasteiger partial charge in [-0.1, -0.05) is 0 Å². The van der Waals surface area contributed by atoms with Crippen LogP contribution in [0, 0.1) is 11.8 Å². The maximum atomic E-state index is 15.5. The number of carboxylic acids is 1. The lowest BCUT2D eigenvalue weighted by atomic mass is 9.79. The number of methoxy groups -OCH3 is 1. The maximum Gasteiger partial charge on any atom is 0.303 e. The average Bonchev–Trinajstić information content (AvgIpc) is 2.87. The summed E-state index contributed by atoms with van der Waals surface area (Å²) < 4.78 is 20.8. The van der Waals surface area contributed by atoms with E-state index >= 15 is 4.39 Å². The van der Waals surface area contributed by atoms with Crippen LogP contribution in [-0.4, -0.2) is 52.7 Å². The summed E-state index contributed by atoms with van der Waals surface area (Å²) in [6.45, 7) is 2.64. The van der Waals surface area contributed by atoms with Gasteiger partial charge in [0.15, 0.2) is 0 Å². The highest BCUT2D eigenvalue weighted by Gasteiger charge is 2.31. The number of hydrogen-bond acceptors (Lipinski definition) is 5. The summed E-state index contributed by atoms with van der Waals surface area (Å²) in [6.07, 6.45) is 8.25. The molecule has 0 aliphatic carbocycles. The van der Waals surface area contributed by atoms with Crippen molar-refractivity contribution in [2.75, 3.05) is 26.7 Å². The van der Waals surface area contributed by atoms with E-state index in [9.17, 15) is 9.90 Å². The van der Waals surface area contributed by atoms with E-state index in [0.29, 0.717) is 24.2 Å². The molecule has 186 valence electrons. The Hall–Kier alpha value is -3.06. The van der Waals surface area contributed by atoms with Gasteiger partial charge >= 0.3 is 5.97 Å². The predicted octanol–water partition coefficient (Wildman–Crippen LogP) is 5.47. The van der Waals surface area contributed by atoms with Crippen LogP contribution in [-0.2, 0) is 11.2 Å². The highest BCUT2D eigenvalue weighted by molar-refractivity contribution is 5.83. The van der Waals surface area contributed by atoms with Crippen LogP contribution in [0.15, 0.2) is 55.0 Å². The maximum absolute atomic E-state index is 15.5. The van der Waals surface area contributed by atoms with Crippen molar-refractivity contribution in [2.45, 2.75) is 44.7 Å². The number of benzene rings is 1. The number of rotatable bonds is 11. The number of aryl methyl sites for hydroxylation is 1. The molecule has 3 atom stereocenters. The van der Waals surface area contributed by atoms with E-state index in [1.807, 2.05) is 42.7 Å². The van der Waals surface area contributed by atoms with Crippen LogP contribution >= 0.6 is 0 Å². The highest BCUT2D eigenvalue weighted by Crippen LogP contribution is 2.36. The third-order valence-electron chi connectivity index (χ3n) is 7.21. The average molecular weight is 480 g/mol. The summed E-state index contributed by atoms with van der Waals surface area (Å²) in [4.78, 5) is 22.4. The lowest BCUT2D eigenvalue weighted by molar-refractivity contribution is -0.139. The van der Waals surface area contributed by atoms with Crippen LogP contribution in [0.1, 0.15) is 49.4 Å². The first-order valence-corrected chi connectivity index (χ1v) is 12.4. The number of aromatic nitrogens is 2. The van der Waals surface area contributed by atoms with Crippen molar-refractivity contribution in [2.24, 2.45) is 11.8 Å². The fraction of sp³-hybridized carbons (Fsp3) is 0.464. The van der Waals surface area contributed by atoms with Crippen molar-refractivity contribution in [3.8, 4) is 5.75 Å². The van der Waals surface area contributed by atoms with Crippen molar-refractivity contribution in [1.82, 2.24) is 14.9 Å². The Morgan fingerprint density at radius 3 is 2.80 bits per heavy atom. The number of fused-ring (bicyclic) bond motifs is 1. The molecule has 4 rings (SSSR count). The Bertz CT molecular complexity index is 1110. The molecule has 0 bridgehead atoms. The number of likely N-dealkylation sites (tertiary alicyclic amines) is 1. The van der Waals surface area contributed by atoms with Gasteiger partial charge in [0.1, 0.15) is 11.9 Å². The molecule has 1 fully saturated rings. The summed E-state index contributed by atoms with van der Waals surface area (Å²) in [7, 11) is 1.60. The lowest BCUT2D eigenvalue weighted by Gasteiger charge is -2.38. The van der Waals surface area contributed by atoms with Gasteiger partial charge in [0.05, 0.1) is 12.6 Å². The van der Waals surface area contributed by atoms with Crippen LogP contribution in [0.25, 0.3) is 10.9 Å². The fourth-order valence-corrected chi connectivity index (χ4v) is 5.31. The van der Waals surface area contributed by atoms with Gasteiger partial charge in [-0.2, -0.15) is 0 Å². The first kappa shape index (κ1) is 25.0. The molecule has 1 aliphatic rings. The first-order chi connectivity index (χ1) is 17.0. The summed E-state index contributed by atoms with van der Waals surface area (Å²) in [5.41, 5.74) is 2.64. The van der Waals surface area contributed by atoms with E-state index in [2.05, 4.69) is 14.9 Å². The molecule has 0 spiro atoms. The smallest absolute Gasteiger partial charge is 0.303 e. The molecule has 35 heavy (non-hydrogen) atoms. The Balaban J connectivity index is 1.35. The molecule has 1 saturated heterocycles. The van der Waals surface area contributed by atoms with E-state index in [1.54, 1.807) is 19.4 Å². The number of aliphatic carboxylic acids is 1. The molecule has 2 aromatic heterocycles. The summed E-state index contributed by atoms with van der Waals surface area (Å²) in [5, 5.41) is 10.3. The molecule has 3 aromatic rings. The van der Waals surface area contributed by atoms with Crippen molar-refractivity contribution >= 4 is 16.9 Å². The SMILES string of the molecule is COc1ccc2nccc(C(F)CC[C@@H]3CCN(CCCc4ccncc4)C[C@@H]3CC(=O)O)c2c1. The van der Waals surface area contributed by atoms with Gasteiger partial charge in [-0.25, -0.2) is 4.39 Å². The van der Waals surface area contributed by atoms with E-state index in [4.69, 9.17) is 4.74 Å². The van der Waals surface area contributed by atoms with Gasteiger partial charge in [-0.05, 0) is 105 Å². The minimum atomic E-state index is -1.13. The largest absolute Gasteiger partial charge is 0.497 e. The van der Waals surface area contributed by atoms with E-state index in [1.165, 1.54) is 5.56 Å². The molecule has 6 nitrogen and oxygen atoms in total. The number of alkyl halides is 1. The number of carbonyl (C=O) groups is 1. The fourth-order valence-electron chi connectivity index (χ4n) is 5.31. The Morgan fingerprint density at radius 1 is 1.20 bits per heavy atom. The second kappa shape index (κ2) is 12.1. The molecule has 0 radical (unpaired) electrons. The topological polar surface area (TPSA) is 75.5 Å². The summed E-state index contributed by atoms with van der Waals surface area (Å²) in [6, 6.07) is 11.3. The van der Waals surface area contributed by atoms with Crippen molar-refractivity contribution in [3.63, 3.8) is 0 Å². The van der Waals surface area contributed by atoms with Crippen molar-refractivity contribution in [3.05, 3.63) is 66.1 Å². The number of hydrogen-bond donors (Lipinski definition) is 1. The quantitative estimate of drug-likeness (QED) is 0.393. The van der Waals surface area contributed by atoms with E-state index < -0.39 is 12.1 Å². The Labute approximate surface area is 206 Å². The second-order valence-electron chi connectivity index (χ2n) is 9.49. The van der Waals surface area contributed by atoms with Gasteiger partial charge in [-0.15, -0.1) is 0 Å². The standard InChI is InChI=1S/C28H34FN3O3/c1-35-23-5-7-27-25(18-23)24(10-14-31-27)26(29)6-4-21-11-16-32(19-22(21)17-28(33)34)15-2-3-20-8-12-30-13-9-20/h5,7-10,12-14,18,21-22,26H,2-4,6,11,15-17,19H2,1H3,(H,33,34)/t21-,22+,26?/m1/s1. The van der Waals surface area contributed by atoms with Crippen LogP contribution in [0.2, 0.25) is 0 Å². The normalized spacial score (nSPS) is 19.5. The van der Waals surface area contributed by atoms with Crippen molar-refractivity contribution in [1.29, 1.82) is 0 Å². The predicted molar refractivity (Wildman–Crippen MR) is 134 cm³/mol. The zero-order valence-corrected chi connectivity index (χ0v) is 20.3. The molecule has 1 aliphatic heterocycles. The molecule has 7 heteroatoms. The van der Waals surface area contributed by atoms with Crippen LogP contribution in [0.4, 0.5) is 4.39 Å². The van der Waals surface area contributed by atoms with Gasteiger partial charge in [-0.3, -0.25) is 14.8 Å². The highest BCUT2D eigenvalue weighted by atomic mass is 19.1. The first-order valence-electron chi connectivity index (χ1n) is 12.4. The lowest BCUT2D eigenvalue weighted by Crippen LogP contribution is -2.42. The summed E-state index contributed by atoms with van der Waals surface area (Å²) in [5.74, 6) is 0.159. The number of pyridine rings is 2. The molecule has 0 saturated carbocycles. The number of carboxylic acid groups (broad SMARTS) is 1. The Kier molecular flexibility index (Phi) is 8.64. The van der Waals surface area contributed by atoms with Crippen LogP contribution < -0.4 is 4.74 Å². The van der Waals surface area contributed by atoms with Gasteiger partial charge in [0.25, 0.3) is 0 Å². The third-order valence-corrected chi connectivity index (χ3v) is 7.21. The molecule has 1 unspecified atom stereocenters. The third kappa shape index (κ3) is 6.75. The molecule has 1 N–H and O–H groups in total. The van der Waals surface area contributed by atoms with Crippen molar-refractivity contribution < 1.29 is 19.0 Å². The number of nitrogens with zero attached hydrogens (tertiary/aromatic N) is 3. The number of halogens is 1. The molecule has 3 heterocycles. The molecular formula is C28H34FN3O3. The molecule has 1 aromatic carbocycles. The zero-order chi connectivity index (χ0) is 24.6. The number of piperidine rings is 1. The summed E-state index contributed by atoms with van der Waals surface area (Å²) >= 11 is 0. The minimum absolute atomic E-state index is 0.0450. The molecule has 0 amide bonds. The van der Waals surface area contributed by atoms with Gasteiger partial charge in [0.2, 0.25) is 0 Å². The monoisotopic (exact) mass is 479 g/mol. The number of ether oxygens (including phenoxy) is 1. The molecular weight excluding hydrogens is 445 g/mol. The Morgan fingerprint density at radius 2 is 2.03 bits per heavy atom. The minimum Gasteiger partial charge on any atom is -0.497 e. The van der Waals surface area contributed by atoms with E-state index in [0.717, 1.165) is 49.8 Å². The van der Waals surface area contributed by atoms with Gasteiger partial charge in [0, 0.05) is 36.9 Å². The van der Waals surface area contributed by atoms with Crippen LogP contribution in [0.3, 0.4) is 0 Å². The van der Waals surface area contributed by atoms with E-state index in [-0.39, 0.29) is 18.3 Å².